The van der Waals surface area contributed by atoms with Crippen LogP contribution < -0.4 is 0 Å². The molecule has 3 amide bonds. The number of amides is 3. The summed E-state index contributed by atoms with van der Waals surface area (Å²) in [7, 11) is 1.31. The third-order valence-corrected chi connectivity index (χ3v) is 6.02. The largest absolute Gasteiger partial charge is 0.492 e. The van der Waals surface area contributed by atoms with Gasteiger partial charge in [0, 0.05) is 23.1 Å². The number of ketones is 2. The minimum Gasteiger partial charge on any atom is -0.492 e. The molecule has 3 aliphatic rings. The number of rotatable bonds is 3. The van der Waals surface area contributed by atoms with Crippen LogP contribution in [0.1, 0.15) is 38.8 Å². The number of carbonyl (C=O) groups excluding carboxylic acids is 5. The van der Waals surface area contributed by atoms with Crippen LogP contribution in [0.25, 0.3) is 0 Å². The Labute approximate surface area is 190 Å². The van der Waals surface area contributed by atoms with E-state index < -0.39 is 54.2 Å². The van der Waals surface area contributed by atoms with E-state index >= 15 is 0 Å². The molecule has 1 saturated heterocycles. The Kier molecular flexibility index (Phi) is 5.65. The number of allylic oxidation sites excluding steroid dienone is 2. The molecule has 1 aliphatic carbocycles. The summed E-state index contributed by atoms with van der Waals surface area (Å²) in [5.74, 6) is -2.14. The Hall–Kier alpha value is -3.75. The molecule has 0 spiro atoms. The molecular weight excluding hydrogens is 428 g/mol. The van der Waals surface area contributed by atoms with Crippen molar-refractivity contribution in [3.05, 3.63) is 58.4 Å². The molecule has 4 rings (SSSR count). The van der Waals surface area contributed by atoms with Crippen molar-refractivity contribution in [3.8, 4) is 0 Å². The summed E-state index contributed by atoms with van der Waals surface area (Å²) in [5, 5.41) is 0. The van der Waals surface area contributed by atoms with Crippen LogP contribution in [0.3, 0.4) is 0 Å². The lowest BCUT2D eigenvalue weighted by Crippen LogP contribution is -2.64. The van der Waals surface area contributed by atoms with Gasteiger partial charge in [-0.2, -0.15) is 0 Å². The Morgan fingerprint density at radius 3 is 2.33 bits per heavy atom. The fourth-order valence-corrected chi connectivity index (χ4v) is 4.61. The predicted octanol–water partition coefficient (Wildman–Crippen LogP) is 2.08. The molecule has 1 fully saturated rings. The monoisotopic (exact) mass is 452 g/mol. The van der Waals surface area contributed by atoms with Gasteiger partial charge in [-0.05, 0) is 26.3 Å². The summed E-state index contributed by atoms with van der Waals surface area (Å²) in [6.07, 6.45) is -1.56. The highest BCUT2D eigenvalue weighted by Gasteiger charge is 2.53. The maximum atomic E-state index is 13.4. The second-order valence-corrected chi connectivity index (χ2v) is 8.40. The van der Waals surface area contributed by atoms with E-state index in [9.17, 15) is 24.0 Å². The van der Waals surface area contributed by atoms with E-state index in [-0.39, 0.29) is 28.9 Å². The van der Waals surface area contributed by atoms with E-state index in [1.807, 2.05) is 0 Å². The fraction of sp³-hybridized carbons (Fsp3) is 0.375. The lowest BCUT2D eigenvalue weighted by molar-refractivity contribution is -0.157. The normalized spacial score (nSPS) is 23.2. The third kappa shape index (κ3) is 3.53. The quantitative estimate of drug-likeness (QED) is 0.646. The average Bonchev–Trinajstić information content (AvgIpc) is 2.79. The number of hydrogen-bond acceptors (Lipinski definition) is 7. The van der Waals surface area contributed by atoms with Crippen LogP contribution in [-0.2, 0) is 28.7 Å². The van der Waals surface area contributed by atoms with Gasteiger partial charge in [0.15, 0.2) is 11.5 Å². The molecule has 2 heterocycles. The van der Waals surface area contributed by atoms with E-state index in [1.54, 1.807) is 44.2 Å². The molecule has 172 valence electrons. The molecule has 0 aromatic heterocycles. The van der Waals surface area contributed by atoms with Crippen LogP contribution in [0.2, 0.25) is 0 Å². The maximum Gasteiger partial charge on any atom is 0.417 e. The van der Waals surface area contributed by atoms with Gasteiger partial charge >= 0.3 is 6.09 Å². The molecule has 2 aliphatic heterocycles. The first-order valence-corrected chi connectivity index (χ1v) is 10.6. The predicted molar refractivity (Wildman–Crippen MR) is 115 cm³/mol. The SMILES string of the molecule is COC1=C(C)C(=O)C2=C(C1=O)[C@H](c1ccccc1)N1C(=O)CN(C(=O)OC(C)C)C(=O)[C@H]1C2. The summed E-state index contributed by atoms with van der Waals surface area (Å²) >= 11 is 0. The summed E-state index contributed by atoms with van der Waals surface area (Å²) in [5.41, 5.74) is 1.01. The van der Waals surface area contributed by atoms with Crippen LogP contribution in [0.5, 0.6) is 0 Å². The number of nitrogens with zero attached hydrogens (tertiary/aromatic N) is 2. The summed E-state index contributed by atoms with van der Waals surface area (Å²) in [6.45, 7) is 4.25. The molecule has 0 saturated carbocycles. The van der Waals surface area contributed by atoms with E-state index in [1.165, 1.54) is 18.9 Å². The number of hydrogen-bond donors (Lipinski definition) is 0. The smallest absolute Gasteiger partial charge is 0.417 e. The van der Waals surface area contributed by atoms with E-state index in [2.05, 4.69) is 0 Å². The van der Waals surface area contributed by atoms with Crippen molar-refractivity contribution >= 4 is 29.5 Å². The molecule has 1 aromatic carbocycles. The van der Waals surface area contributed by atoms with E-state index in [0.29, 0.717) is 5.56 Å². The maximum absolute atomic E-state index is 13.4. The Balaban J connectivity index is 1.86. The first-order valence-electron chi connectivity index (χ1n) is 10.6. The van der Waals surface area contributed by atoms with Crippen LogP contribution >= 0.6 is 0 Å². The van der Waals surface area contributed by atoms with Crippen LogP contribution in [0.4, 0.5) is 4.79 Å². The first-order chi connectivity index (χ1) is 15.7. The molecule has 1 aromatic rings. The average molecular weight is 452 g/mol. The van der Waals surface area contributed by atoms with Gasteiger partial charge in [0.25, 0.3) is 5.91 Å². The second-order valence-electron chi connectivity index (χ2n) is 8.40. The minimum absolute atomic E-state index is 0.0731. The van der Waals surface area contributed by atoms with Gasteiger partial charge in [0.1, 0.15) is 12.6 Å². The third-order valence-electron chi connectivity index (χ3n) is 6.02. The minimum atomic E-state index is -1.12. The highest BCUT2D eigenvalue weighted by molar-refractivity contribution is 6.25. The van der Waals surface area contributed by atoms with Crippen molar-refractivity contribution in [2.75, 3.05) is 13.7 Å². The van der Waals surface area contributed by atoms with Crippen molar-refractivity contribution in [3.63, 3.8) is 0 Å². The summed E-state index contributed by atoms with van der Waals surface area (Å²) < 4.78 is 10.4. The molecule has 0 radical (unpaired) electrons. The number of fused-ring (bicyclic) bond motifs is 1. The Morgan fingerprint density at radius 1 is 1.06 bits per heavy atom. The molecule has 33 heavy (non-hydrogen) atoms. The summed E-state index contributed by atoms with van der Waals surface area (Å²) in [4.78, 5) is 67.8. The topological polar surface area (TPSA) is 110 Å². The Morgan fingerprint density at radius 2 is 1.73 bits per heavy atom. The van der Waals surface area contributed by atoms with Crippen LogP contribution in [0, 0.1) is 0 Å². The lowest BCUT2D eigenvalue weighted by Gasteiger charge is -2.48. The van der Waals surface area contributed by atoms with Gasteiger partial charge < -0.3 is 14.4 Å². The number of carbonyl (C=O) groups is 5. The molecular formula is C24H24N2O7. The van der Waals surface area contributed by atoms with Gasteiger partial charge in [-0.15, -0.1) is 0 Å². The summed E-state index contributed by atoms with van der Waals surface area (Å²) in [6, 6.07) is 6.64. The highest BCUT2D eigenvalue weighted by Crippen LogP contribution is 2.45. The second kappa shape index (κ2) is 8.31. The van der Waals surface area contributed by atoms with Crippen LogP contribution in [0.15, 0.2) is 52.8 Å². The molecule has 9 nitrogen and oxygen atoms in total. The van der Waals surface area contributed by atoms with Gasteiger partial charge in [0.05, 0.1) is 19.3 Å². The van der Waals surface area contributed by atoms with Gasteiger partial charge in [0.2, 0.25) is 11.7 Å². The zero-order chi connectivity index (χ0) is 24.0. The van der Waals surface area contributed by atoms with Crippen molar-refractivity contribution in [1.29, 1.82) is 0 Å². The van der Waals surface area contributed by atoms with Gasteiger partial charge in [-0.1, -0.05) is 30.3 Å². The van der Waals surface area contributed by atoms with Crippen molar-refractivity contribution in [2.24, 2.45) is 0 Å². The number of ether oxygens (including phenoxy) is 2. The lowest BCUT2D eigenvalue weighted by atomic mass is 9.75. The van der Waals surface area contributed by atoms with Crippen molar-refractivity contribution < 1.29 is 33.4 Å². The zero-order valence-corrected chi connectivity index (χ0v) is 18.8. The number of methoxy groups -OCH3 is 1. The molecule has 0 unspecified atom stereocenters. The molecule has 0 N–H and O–H groups in total. The van der Waals surface area contributed by atoms with Crippen molar-refractivity contribution in [2.45, 2.75) is 45.4 Å². The van der Waals surface area contributed by atoms with E-state index in [4.69, 9.17) is 9.47 Å². The zero-order valence-electron chi connectivity index (χ0n) is 18.8. The van der Waals surface area contributed by atoms with Crippen LogP contribution in [-0.4, -0.2) is 65.1 Å². The van der Waals surface area contributed by atoms with Gasteiger partial charge in [-0.25, -0.2) is 9.69 Å². The number of Topliss-reactive ketones (excluding diaryl/α,β-unsaturated/α-hetero) is 2. The molecule has 0 bridgehead atoms. The van der Waals surface area contributed by atoms with Gasteiger partial charge in [-0.3, -0.25) is 19.2 Å². The number of benzene rings is 1. The Bertz CT molecular complexity index is 1130. The van der Waals surface area contributed by atoms with E-state index in [0.717, 1.165) is 4.90 Å². The molecule has 9 heteroatoms. The fourth-order valence-electron chi connectivity index (χ4n) is 4.61. The highest BCUT2D eigenvalue weighted by atomic mass is 16.6. The number of imide groups is 1. The first kappa shape index (κ1) is 22.4. The standard InChI is InChI=1S/C24H24N2O7/c1-12(2)33-24(31)25-11-17(27)26-16(23(25)30)10-15-18(19(26)14-8-6-5-7-9-14)21(29)22(32-4)13(3)20(15)28/h5-9,12,16,19H,10-11H2,1-4H3/t16-,19+/m1/s1. The molecule has 2 atom stereocenters. The van der Waals surface area contributed by atoms with Crippen molar-refractivity contribution in [1.82, 2.24) is 9.80 Å². The number of piperazine rings is 1.